The van der Waals surface area contributed by atoms with Gasteiger partial charge in [-0.2, -0.15) is 4.98 Å². The molecular weight excluding hydrogens is 378 g/mol. The molecule has 0 saturated carbocycles. The van der Waals surface area contributed by atoms with Gasteiger partial charge < -0.3 is 20.2 Å². The number of aryl methyl sites for hydroxylation is 1. The molecule has 0 radical (unpaired) electrons. The van der Waals surface area contributed by atoms with E-state index in [0.717, 1.165) is 5.56 Å². The zero-order valence-corrected chi connectivity index (χ0v) is 17.2. The van der Waals surface area contributed by atoms with Gasteiger partial charge in [-0.3, -0.25) is 0 Å². The molecule has 150 valence electrons. The van der Waals surface area contributed by atoms with Crippen LogP contribution < -0.4 is 15.8 Å². The number of nitrogens with one attached hydrogen (secondary N) is 1. The molecule has 3 N–H and O–H groups in total. The SMILES string of the molecule is CCOc1ccccc1-c1nc(S(=O)(=O)c2ccc(C)cc2)c(NC)o1.CN. The number of aromatic nitrogens is 1. The fourth-order valence-corrected chi connectivity index (χ4v) is 3.82. The van der Waals surface area contributed by atoms with Gasteiger partial charge >= 0.3 is 0 Å². The normalized spacial score (nSPS) is 10.8. The maximum Gasteiger partial charge on any atom is 0.233 e. The molecule has 2 aromatic carbocycles. The number of hydrogen-bond donors (Lipinski definition) is 2. The Labute approximate surface area is 165 Å². The number of oxazole rings is 1. The highest BCUT2D eigenvalue weighted by Crippen LogP contribution is 2.35. The minimum Gasteiger partial charge on any atom is -0.493 e. The molecule has 0 fully saturated rings. The van der Waals surface area contributed by atoms with Gasteiger partial charge in [-0.25, -0.2) is 8.42 Å². The summed E-state index contributed by atoms with van der Waals surface area (Å²) >= 11 is 0. The van der Waals surface area contributed by atoms with Crippen molar-refractivity contribution >= 4 is 15.7 Å². The van der Waals surface area contributed by atoms with Crippen molar-refractivity contribution in [3.05, 3.63) is 54.1 Å². The lowest BCUT2D eigenvalue weighted by Gasteiger charge is -2.06. The Morgan fingerprint density at radius 1 is 1.11 bits per heavy atom. The van der Waals surface area contributed by atoms with Crippen LogP contribution in [0.3, 0.4) is 0 Å². The van der Waals surface area contributed by atoms with Crippen molar-refractivity contribution in [2.45, 2.75) is 23.8 Å². The zero-order valence-electron chi connectivity index (χ0n) is 16.4. The van der Waals surface area contributed by atoms with Crippen LogP contribution in [0.15, 0.2) is 62.9 Å². The van der Waals surface area contributed by atoms with Crippen molar-refractivity contribution in [1.82, 2.24) is 4.98 Å². The number of nitrogens with two attached hydrogens (primary N) is 1. The van der Waals surface area contributed by atoms with Crippen molar-refractivity contribution in [3.63, 3.8) is 0 Å². The van der Waals surface area contributed by atoms with Crippen molar-refractivity contribution in [2.24, 2.45) is 5.73 Å². The molecule has 0 aliphatic rings. The molecule has 0 atom stereocenters. The topological polar surface area (TPSA) is 107 Å². The number of nitrogens with zero attached hydrogens (tertiary/aromatic N) is 1. The number of anilines is 1. The smallest absolute Gasteiger partial charge is 0.233 e. The number of para-hydroxylation sites is 1. The van der Waals surface area contributed by atoms with E-state index in [2.05, 4.69) is 16.0 Å². The predicted molar refractivity (Wildman–Crippen MR) is 109 cm³/mol. The van der Waals surface area contributed by atoms with Gasteiger partial charge in [-0.15, -0.1) is 0 Å². The van der Waals surface area contributed by atoms with E-state index in [1.54, 1.807) is 43.4 Å². The highest BCUT2D eigenvalue weighted by Gasteiger charge is 2.28. The molecule has 28 heavy (non-hydrogen) atoms. The van der Waals surface area contributed by atoms with E-state index in [9.17, 15) is 8.42 Å². The van der Waals surface area contributed by atoms with E-state index in [4.69, 9.17) is 9.15 Å². The third-order valence-electron chi connectivity index (χ3n) is 3.83. The summed E-state index contributed by atoms with van der Waals surface area (Å²) in [7, 11) is -0.729. The number of rotatable bonds is 6. The Bertz CT molecular complexity index is 1010. The molecule has 0 saturated heterocycles. The van der Waals surface area contributed by atoms with Crippen LogP contribution in [0.2, 0.25) is 0 Å². The fraction of sp³-hybridized carbons (Fsp3) is 0.250. The molecule has 7 nitrogen and oxygen atoms in total. The molecular formula is C20H25N3O4S. The lowest BCUT2D eigenvalue weighted by Crippen LogP contribution is -2.05. The summed E-state index contributed by atoms with van der Waals surface area (Å²) in [6, 6.07) is 13.8. The van der Waals surface area contributed by atoms with Crippen LogP contribution in [0.25, 0.3) is 11.5 Å². The molecule has 1 heterocycles. The second kappa shape index (κ2) is 9.38. The van der Waals surface area contributed by atoms with Gasteiger partial charge in [0.05, 0.1) is 17.1 Å². The average molecular weight is 404 g/mol. The van der Waals surface area contributed by atoms with E-state index < -0.39 is 9.84 Å². The molecule has 8 heteroatoms. The predicted octanol–water partition coefficient (Wildman–Crippen LogP) is 3.50. The third-order valence-corrected chi connectivity index (χ3v) is 5.50. The molecule has 0 bridgehead atoms. The molecule has 3 aromatic rings. The Morgan fingerprint density at radius 2 is 1.75 bits per heavy atom. The van der Waals surface area contributed by atoms with Crippen LogP contribution in [0.1, 0.15) is 12.5 Å². The second-order valence-electron chi connectivity index (χ2n) is 5.65. The highest BCUT2D eigenvalue weighted by atomic mass is 32.2. The van der Waals surface area contributed by atoms with E-state index in [-0.39, 0.29) is 21.7 Å². The molecule has 1 aromatic heterocycles. The van der Waals surface area contributed by atoms with Gasteiger partial charge in [0.1, 0.15) is 5.75 Å². The first-order valence-corrected chi connectivity index (χ1v) is 10.3. The summed E-state index contributed by atoms with van der Waals surface area (Å²) < 4.78 is 37.2. The van der Waals surface area contributed by atoms with Crippen molar-refractivity contribution < 1.29 is 17.6 Å². The van der Waals surface area contributed by atoms with E-state index >= 15 is 0 Å². The lowest BCUT2D eigenvalue weighted by molar-refractivity contribution is 0.340. The molecule has 3 rings (SSSR count). The van der Waals surface area contributed by atoms with Gasteiger partial charge in [0, 0.05) is 7.05 Å². The van der Waals surface area contributed by atoms with E-state index in [1.807, 2.05) is 26.0 Å². The number of benzene rings is 2. The minimum atomic E-state index is -3.82. The number of hydrogen-bond acceptors (Lipinski definition) is 7. The first-order chi connectivity index (χ1) is 13.5. The van der Waals surface area contributed by atoms with E-state index in [0.29, 0.717) is 17.9 Å². The minimum absolute atomic E-state index is 0.0897. The fourth-order valence-electron chi connectivity index (χ4n) is 2.52. The highest BCUT2D eigenvalue weighted by molar-refractivity contribution is 7.91. The first kappa shape index (κ1) is 21.5. The van der Waals surface area contributed by atoms with Gasteiger partial charge in [-0.05, 0) is 45.2 Å². The largest absolute Gasteiger partial charge is 0.493 e. The van der Waals surface area contributed by atoms with Crippen LogP contribution >= 0.6 is 0 Å². The van der Waals surface area contributed by atoms with Gasteiger partial charge in [0.25, 0.3) is 0 Å². The van der Waals surface area contributed by atoms with Crippen LogP contribution in [0, 0.1) is 6.92 Å². The summed E-state index contributed by atoms with van der Waals surface area (Å²) in [5.74, 6) is 0.856. The summed E-state index contributed by atoms with van der Waals surface area (Å²) in [5, 5.41) is 2.63. The standard InChI is InChI=1S/C19H20N2O4S.CH5N/c1-4-24-16-8-6-5-7-15(16)17-21-19(18(20-3)25-17)26(22,23)14-11-9-13(2)10-12-14;1-2/h5-12,20H,4H2,1-3H3;2H2,1H3. The van der Waals surface area contributed by atoms with Crippen LogP contribution in [0.4, 0.5) is 5.88 Å². The quantitative estimate of drug-likeness (QED) is 0.648. The second-order valence-corrected chi connectivity index (χ2v) is 7.51. The Hall–Kier alpha value is -2.84. The monoisotopic (exact) mass is 403 g/mol. The van der Waals surface area contributed by atoms with Crippen LogP contribution in [-0.2, 0) is 9.84 Å². The van der Waals surface area contributed by atoms with Crippen molar-refractivity contribution in [1.29, 1.82) is 0 Å². The molecule has 0 unspecified atom stereocenters. The lowest BCUT2D eigenvalue weighted by atomic mass is 10.2. The molecule has 0 aliphatic heterocycles. The van der Waals surface area contributed by atoms with Crippen LogP contribution in [0.5, 0.6) is 5.75 Å². The Balaban J connectivity index is 0.00000136. The molecule has 0 amide bonds. The van der Waals surface area contributed by atoms with Gasteiger partial charge in [0.15, 0.2) is 0 Å². The van der Waals surface area contributed by atoms with E-state index in [1.165, 1.54) is 7.05 Å². The average Bonchev–Trinajstić information content (AvgIpc) is 3.16. The summed E-state index contributed by atoms with van der Waals surface area (Å²) in [6.45, 7) is 4.25. The molecule has 0 spiro atoms. The number of sulfone groups is 1. The number of ether oxygens (including phenoxy) is 1. The Morgan fingerprint density at radius 3 is 2.36 bits per heavy atom. The summed E-state index contributed by atoms with van der Waals surface area (Å²) in [4.78, 5) is 4.43. The molecule has 0 aliphatic carbocycles. The van der Waals surface area contributed by atoms with Crippen molar-refractivity contribution in [3.8, 4) is 17.2 Å². The zero-order chi connectivity index (χ0) is 20.7. The Kier molecular flexibility index (Phi) is 7.19. The van der Waals surface area contributed by atoms with Crippen molar-refractivity contribution in [2.75, 3.05) is 26.0 Å². The van der Waals surface area contributed by atoms with Crippen LogP contribution in [-0.4, -0.2) is 34.1 Å². The third kappa shape index (κ3) is 4.35. The van der Waals surface area contributed by atoms with Gasteiger partial charge in [0.2, 0.25) is 26.6 Å². The summed E-state index contributed by atoms with van der Waals surface area (Å²) in [5.41, 5.74) is 6.07. The summed E-state index contributed by atoms with van der Waals surface area (Å²) in [6.07, 6.45) is 0. The maximum absolute atomic E-state index is 13.0. The first-order valence-electron chi connectivity index (χ1n) is 8.77. The van der Waals surface area contributed by atoms with Gasteiger partial charge in [-0.1, -0.05) is 29.8 Å². The maximum atomic E-state index is 13.0.